The first-order valence-electron chi connectivity index (χ1n) is 10.7. The molecule has 0 amide bonds. The zero-order valence-electron chi connectivity index (χ0n) is 18.5. The van der Waals surface area contributed by atoms with Gasteiger partial charge in [0.1, 0.15) is 18.1 Å². The number of hydrogen-bond donors (Lipinski definition) is 1. The van der Waals surface area contributed by atoms with Gasteiger partial charge in [-0.1, -0.05) is 36.4 Å². The van der Waals surface area contributed by atoms with Crippen LogP contribution in [0.25, 0.3) is 0 Å². The van der Waals surface area contributed by atoms with E-state index in [4.69, 9.17) is 9.73 Å². The van der Waals surface area contributed by atoms with E-state index in [0.29, 0.717) is 6.54 Å². The van der Waals surface area contributed by atoms with Gasteiger partial charge in [0.2, 0.25) is 0 Å². The summed E-state index contributed by atoms with van der Waals surface area (Å²) in [5.74, 6) is 3.56. The summed E-state index contributed by atoms with van der Waals surface area (Å²) in [4.78, 5) is 7.24. The highest BCUT2D eigenvalue weighted by molar-refractivity contribution is 5.80. The molecule has 0 atom stereocenters. The summed E-state index contributed by atoms with van der Waals surface area (Å²) in [7, 11) is 3.67. The highest BCUT2D eigenvalue weighted by atomic mass is 16.5. The molecule has 0 saturated carbocycles. The number of nitrogens with one attached hydrogen (secondary N) is 1. The number of fused-ring (bicyclic) bond motifs is 1. The lowest BCUT2D eigenvalue weighted by molar-refractivity contribution is 0.377. The number of benzene rings is 2. The van der Waals surface area contributed by atoms with Crippen molar-refractivity contribution in [2.45, 2.75) is 32.9 Å². The molecule has 2 heterocycles. The molecule has 1 N–H and O–H groups in total. The maximum Gasteiger partial charge on any atom is 0.194 e. The minimum atomic E-state index is 0.500. The van der Waals surface area contributed by atoms with Crippen molar-refractivity contribution in [3.8, 4) is 5.75 Å². The van der Waals surface area contributed by atoms with Crippen molar-refractivity contribution in [1.82, 2.24) is 25.0 Å². The number of rotatable bonds is 6. The normalized spacial score (nSPS) is 13.8. The lowest BCUT2D eigenvalue weighted by atomic mass is 10.0. The minimum absolute atomic E-state index is 0.500. The van der Waals surface area contributed by atoms with Gasteiger partial charge >= 0.3 is 0 Å². The van der Waals surface area contributed by atoms with Gasteiger partial charge in [0.25, 0.3) is 0 Å². The second-order valence-corrected chi connectivity index (χ2v) is 7.83. The zero-order valence-corrected chi connectivity index (χ0v) is 18.5. The first-order valence-corrected chi connectivity index (χ1v) is 10.7. The summed E-state index contributed by atoms with van der Waals surface area (Å²) in [5, 5.41) is 12.0. The predicted octanol–water partition coefficient (Wildman–Crippen LogP) is 2.88. The van der Waals surface area contributed by atoms with E-state index < -0.39 is 0 Å². The Hall–Kier alpha value is -3.35. The van der Waals surface area contributed by atoms with Gasteiger partial charge in [0, 0.05) is 26.7 Å². The topological polar surface area (TPSA) is 67.6 Å². The summed E-state index contributed by atoms with van der Waals surface area (Å²) in [6.45, 7) is 5.07. The first kappa shape index (κ1) is 20.9. The lowest BCUT2D eigenvalue weighted by Crippen LogP contribution is -2.44. The van der Waals surface area contributed by atoms with Crippen molar-refractivity contribution < 1.29 is 4.74 Å². The summed E-state index contributed by atoms with van der Waals surface area (Å²) < 4.78 is 7.24. The molecule has 0 saturated heterocycles. The Kier molecular flexibility index (Phi) is 6.50. The number of nitrogens with zero attached hydrogens (tertiary/aromatic N) is 5. The van der Waals surface area contributed by atoms with Crippen LogP contribution in [-0.2, 0) is 33.0 Å². The Morgan fingerprint density at radius 2 is 1.87 bits per heavy atom. The monoisotopic (exact) mass is 418 g/mol. The summed E-state index contributed by atoms with van der Waals surface area (Å²) >= 11 is 0. The van der Waals surface area contributed by atoms with Gasteiger partial charge in [-0.2, -0.15) is 0 Å². The highest BCUT2D eigenvalue weighted by Gasteiger charge is 2.19. The van der Waals surface area contributed by atoms with Crippen molar-refractivity contribution in [1.29, 1.82) is 0 Å². The molecule has 31 heavy (non-hydrogen) atoms. The van der Waals surface area contributed by atoms with Gasteiger partial charge in [0.15, 0.2) is 11.8 Å². The maximum atomic E-state index is 5.25. The molecule has 7 heteroatoms. The van der Waals surface area contributed by atoms with Crippen molar-refractivity contribution in [3.63, 3.8) is 0 Å². The standard InChI is InChI=1S/C24H30N6O/c1-18-27-28-23(29(18)2)16-26-24(25-14-12-19-8-10-22(31-3)11-9-19)30-15-13-20-6-4-5-7-21(20)17-30/h4-11H,12-17H2,1-3H3,(H,25,26). The van der Waals surface area contributed by atoms with Crippen molar-refractivity contribution >= 4 is 5.96 Å². The second-order valence-electron chi connectivity index (χ2n) is 7.83. The number of aromatic nitrogens is 3. The van der Waals surface area contributed by atoms with Crippen LogP contribution in [0.4, 0.5) is 0 Å². The fourth-order valence-corrected chi connectivity index (χ4v) is 3.79. The zero-order chi connectivity index (χ0) is 21.6. The third-order valence-electron chi connectivity index (χ3n) is 5.84. The molecule has 3 aromatic rings. The fraction of sp³-hybridized carbons (Fsp3) is 0.375. The molecule has 7 nitrogen and oxygen atoms in total. The molecular formula is C24H30N6O. The van der Waals surface area contributed by atoms with E-state index in [1.807, 2.05) is 30.7 Å². The van der Waals surface area contributed by atoms with E-state index in [2.05, 4.69) is 56.8 Å². The molecule has 0 spiro atoms. The number of aliphatic imine (C=N–C) groups is 1. The SMILES string of the molecule is COc1ccc(CCNC(=NCc2nnc(C)n2C)N2CCc3ccccc3C2)cc1. The van der Waals surface area contributed by atoms with Crippen molar-refractivity contribution in [2.75, 3.05) is 20.2 Å². The molecule has 2 aromatic carbocycles. The minimum Gasteiger partial charge on any atom is -0.497 e. The van der Waals surface area contributed by atoms with E-state index in [-0.39, 0.29) is 0 Å². The van der Waals surface area contributed by atoms with Gasteiger partial charge in [0.05, 0.1) is 7.11 Å². The van der Waals surface area contributed by atoms with Crippen LogP contribution < -0.4 is 10.1 Å². The van der Waals surface area contributed by atoms with E-state index in [1.165, 1.54) is 16.7 Å². The Morgan fingerprint density at radius 3 is 2.58 bits per heavy atom. The van der Waals surface area contributed by atoms with Gasteiger partial charge in [-0.25, -0.2) is 4.99 Å². The molecule has 1 aliphatic heterocycles. The van der Waals surface area contributed by atoms with Crippen LogP contribution >= 0.6 is 0 Å². The van der Waals surface area contributed by atoms with Crippen LogP contribution in [0, 0.1) is 6.92 Å². The van der Waals surface area contributed by atoms with Crippen LogP contribution in [-0.4, -0.2) is 45.8 Å². The predicted molar refractivity (Wildman–Crippen MR) is 122 cm³/mol. The molecule has 0 fully saturated rings. The number of aryl methyl sites for hydroxylation is 1. The first-order chi connectivity index (χ1) is 15.1. The Morgan fingerprint density at radius 1 is 1.10 bits per heavy atom. The van der Waals surface area contributed by atoms with Gasteiger partial charge in [-0.05, 0) is 48.6 Å². The van der Waals surface area contributed by atoms with Gasteiger partial charge in [-0.15, -0.1) is 10.2 Å². The van der Waals surface area contributed by atoms with Crippen LogP contribution in [0.5, 0.6) is 5.75 Å². The third-order valence-corrected chi connectivity index (χ3v) is 5.84. The Bertz CT molecular complexity index is 1040. The second kappa shape index (κ2) is 9.64. The summed E-state index contributed by atoms with van der Waals surface area (Å²) in [6.07, 6.45) is 1.94. The van der Waals surface area contributed by atoms with Crippen LogP contribution in [0.2, 0.25) is 0 Å². The number of guanidine groups is 1. The van der Waals surface area contributed by atoms with E-state index in [1.54, 1.807) is 7.11 Å². The molecule has 162 valence electrons. The largest absolute Gasteiger partial charge is 0.497 e. The van der Waals surface area contributed by atoms with Crippen molar-refractivity contribution in [3.05, 3.63) is 76.9 Å². The average molecular weight is 419 g/mol. The third kappa shape index (κ3) is 5.05. The molecule has 4 rings (SSSR count). The molecule has 0 aliphatic carbocycles. The van der Waals surface area contributed by atoms with Crippen LogP contribution in [0.1, 0.15) is 28.3 Å². The van der Waals surface area contributed by atoms with E-state index in [0.717, 1.165) is 55.8 Å². The molecule has 1 aromatic heterocycles. The van der Waals surface area contributed by atoms with Gasteiger partial charge < -0.3 is 19.5 Å². The molecular weight excluding hydrogens is 388 g/mol. The summed E-state index contributed by atoms with van der Waals surface area (Å²) in [6, 6.07) is 16.9. The Labute approximate surface area is 183 Å². The number of hydrogen-bond acceptors (Lipinski definition) is 4. The van der Waals surface area contributed by atoms with Crippen LogP contribution in [0.3, 0.4) is 0 Å². The van der Waals surface area contributed by atoms with Gasteiger partial charge in [-0.3, -0.25) is 0 Å². The quantitative estimate of drug-likeness (QED) is 0.493. The average Bonchev–Trinajstić information content (AvgIpc) is 3.13. The smallest absolute Gasteiger partial charge is 0.194 e. The number of ether oxygens (including phenoxy) is 1. The Balaban J connectivity index is 1.46. The molecule has 0 radical (unpaired) electrons. The summed E-state index contributed by atoms with van der Waals surface area (Å²) in [5.41, 5.74) is 4.06. The molecule has 0 bridgehead atoms. The van der Waals surface area contributed by atoms with Crippen molar-refractivity contribution in [2.24, 2.45) is 12.0 Å². The molecule has 1 aliphatic rings. The fourth-order valence-electron chi connectivity index (χ4n) is 3.79. The van der Waals surface area contributed by atoms with E-state index >= 15 is 0 Å². The lowest BCUT2D eigenvalue weighted by Gasteiger charge is -2.32. The maximum absolute atomic E-state index is 5.25. The van der Waals surface area contributed by atoms with Crippen LogP contribution in [0.15, 0.2) is 53.5 Å². The van der Waals surface area contributed by atoms with E-state index in [9.17, 15) is 0 Å². The number of methoxy groups -OCH3 is 1. The molecule has 0 unspecified atom stereocenters. The highest BCUT2D eigenvalue weighted by Crippen LogP contribution is 2.19.